The zero-order valence-corrected chi connectivity index (χ0v) is 11.4. The Morgan fingerprint density at radius 3 is 2.65 bits per heavy atom. The number of rotatable bonds is 2. The lowest BCUT2D eigenvalue weighted by Gasteiger charge is -2.09. The molecule has 1 aromatic heterocycles. The monoisotopic (exact) mass is 241 g/mol. The molecule has 1 nitrogen and oxygen atoms in total. The number of allylic oxidation sites excluding steroid dienone is 1. The molecule has 2 heteroatoms. The topological polar surface area (TPSA) is 12.9 Å². The van der Waals surface area contributed by atoms with Crippen LogP contribution in [0.3, 0.4) is 0 Å². The van der Waals surface area contributed by atoms with E-state index in [0.717, 1.165) is 22.1 Å². The molecule has 86 valence electrons. The van der Waals surface area contributed by atoms with Crippen LogP contribution in [0.15, 0.2) is 43.1 Å². The summed E-state index contributed by atoms with van der Waals surface area (Å²) in [4.78, 5) is 4.42. The number of pyridine rings is 1. The third-order valence-corrected chi connectivity index (χ3v) is 3.26. The van der Waals surface area contributed by atoms with Gasteiger partial charge < -0.3 is 0 Å². The second-order valence-corrected chi connectivity index (χ2v) is 4.87. The maximum absolute atomic E-state index is 4.42. The zero-order valence-electron chi connectivity index (χ0n) is 10.2. The molecule has 1 unspecified atom stereocenters. The van der Waals surface area contributed by atoms with Gasteiger partial charge in [0.05, 0.1) is 5.69 Å². The van der Waals surface area contributed by atoms with Gasteiger partial charge in [0, 0.05) is 11.8 Å². The maximum Gasteiger partial charge on any atom is 0.0773 e. The van der Waals surface area contributed by atoms with Crippen LogP contribution in [0.25, 0.3) is 16.8 Å². The first-order valence-corrected chi connectivity index (χ1v) is 6.14. The highest BCUT2D eigenvalue weighted by Gasteiger charge is 2.05. The molecule has 0 spiro atoms. The van der Waals surface area contributed by atoms with Crippen molar-refractivity contribution < 1.29 is 0 Å². The van der Waals surface area contributed by atoms with Crippen molar-refractivity contribution in [2.24, 2.45) is 0 Å². The second-order valence-electron chi connectivity index (χ2n) is 4.25. The average molecular weight is 241 g/mol. The number of benzene rings is 1. The summed E-state index contributed by atoms with van der Waals surface area (Å²) in [6, 6.07) is 10.4. The van der Waals surface area contributed by atoms with Crippen molar-refractivity contribution in [3.05, 3.63) is 54.2 Å². The molecule has 0 N–H and O–H groups in total. The Morgan fingerprint density at radius 2 is 2.06 bits per heavy atom. The third-order valence-electron chi connectivity index (χ3n) is 2.80. The van der Waals surface area contributed by atoms with Crippen LogP contribution in [0.1, 0.15) is 18.1 Å². The van der Waals surface area contributed by atoms with Crippen LogP contribution in [0.2, 0.25) is 0 Å². The summed E-state index contributed by atoms with van der Waals surface area (Å²) in [6.45, 7) is 8.13. The van der Waals surface area contributed by atoms with Gasteiger partial charge in [-0.15, -0.1) is 9.24 Å². The minimum absolute atomic E-state index is 1.02. The maximum atomic E-state index is 4.42. The molecular weight excluding hydrogens is 225 g/mol. The summed E-state index contributed by atoms with van der Waals surface area (Å²) in [5.74, 6) is 0. The first kappa shape index (κ1) is 12.0. The summed E-state index contributed by atoms with van der Waals surface area (Å²) in [5.41, 5.74) is 5.73. The molecule has 0 aliphatic heterocycles. The fraction of sp³-hybridized carbons (Fsp3) is 0.133. The Labute approximate surface area is 105 Å². The smallest absolute Gasteiger partial charge is 0.0773 e. The van der Waals surface area contributed by atoms with Gasteiger partial charge in [-0.3, -0.25) is 4.98 Å². The number of aryl methyl sites for hydroxylation is 1. The summed E-state index contributed by atoms with van der Waals surface area (Å²) in [6.07, 6.45) is 1.82. The van der Waals surface area contributed by atoms with E-state index in [1.807, 2.05) is 19.2 Å². The predicted octanol–water partition coefficient (Wildman–Crippen LogP) is 3.59. The van der Waals surface area contributed by atoms with E-state index in [0.29, 0.717) is 0 Å². The molecule has 0 aliphatic rings. The van der Waals surface area contributed by atoms with Crippen molar-refractivity contribution in [3.63, 3.8) is 0 Å². The van der Waals surface area contributed by atoms with E-state index in [1.54, 1.807) is 0 Å². The molecule has 1 atom stereocenters. The van der Waals surface area contributed by atoms with Crippen molar-refractivity contribution in [3.8, 4) is 11.3 Å². The van der Waals surface area contributed by atoms with Gasteiger partial charge in [-0.1, -0.05) is 30.4 Å². The van der Waals surface area contributed by atoms with Gasteiger partial charge in [-0.25, -0.2) is 0 Å². The lowest BCUT2D eigenvalue weighted by molar-refractivity contribution is 1.33. The van der Waals surface area contributed by atoms with Gasteiger partial charge in [-0.05, 0) is 42.4 Å². The van der Waals surface area contributed by atoms with E-state index in [2.05, 4.69) is 52.0 Å². The number of hydrogen-bond acceptors (Lipinski definition) is 1. The Kier molecular flexibility index (Phi) is 3.40. The van der Waals surface area contributed by atoms with Crippen molar-refractivity contribution in [1.29, 1.82) is 0 Å². The Hall–Kier alpha value is -1.46. The molecule has 0 bridgehead atoms. The standard InChI is InChI=1S/C15H16NP/c1-10(2)13-7-6-12(9-11(13)3)15-14(17)5-4-8-16-15/h4-9H,1,17H2,2-3H3. The lowest BCUT2D eigenvalue weighted by Crippen LogP contribution is -1.99. The molecule has 0 saturated heterocycles. The molecular formula is C15H16NP. The molecule has 1 aromatic carbocycles. The summed E-state index contributed by atoms with van der Waals surface area (Å²) >= 11 is 0. The molecule has 2 rings (SSSR count). The highest BCUT2D eigenvalue weighted by atomic mass is 31.0. The van der Waals surface area contributed by atoms with Crippen LogP contribution in [-0.4, -0.2) is 4.98 Å². The van der Waals surface area contributed by atoms with E-state index in [4.69, 9.17) is 0 Å². The normalized spacial score (nSPS) is 10.3. The van der Waals surface area contributed by atoms with Gasteiger partial charge in [0.2, 0.25) is 0 Å². The van der Waals surface area contributed by atoms with Crippen LogP contribution >= 0.6 is 9.24 Å². The van der Waals surface area contributed by atoms with Crippen LogP contribution in [0.4, 0.5) is 0 Å². The highest BCUT2D eigenvalue weighted by molar-refractivity contribution is 7.27. The number of nitrogens with zero attached hydrogens (tertiary/aromatic N) is 1. The Morgan fingerprint density at radius 1 is 1.29 bits per heavy atom. The van der Waals surface area contributed by atoms with E-state index >= 15 is 0 Å². The van der Waals surface area contributed by atoms with Crippen LogP contribution < -0.4 is 5.30 Å². The Balaban J connectivity index is 2.52. The number of hydrogen-bond donors (Lipinski definition) is 0. The first-order valence-electron chi connectivity index (χ1n) is 5.57. The van der Waals surface area contributed by atoms with Crippen molar-refractivity contribution >= 4 is 20.1 Å². The lowest BCUT2D eigenvalue weighted by atomic mass is 9.99. The first-order chi connectivity index (χ1) is 8.09. The quantitative estimate of drug-likeness (QED) is 0.732. The molecule has 0 saturated carbocycles. The van der Waals surface area contributed by atoms with Crippen LogP contribution in [-0.2, 0) is 0 Å². The zero-order chi connectivity index (χ0) is 12.4. The van der Waals surface area contributed by atoms with E-state index in [-0.39, 0.29) is 0 Å². The van der Waals surface area contributed by atoms with Crippen molar-refractivity contribution in [2.45, 2.75) is 13.8 Å². The minimum Gasteiger partial charge on any atom is -0.256 e. The van der Waals surface area contributed by atoms with Gasteiger partial charge >= 0.3 is 0 Å². The predicted molar refractivity (Wildman–Crippen MR) is 78.5 cm³/mol. The SMILES string of the molecule is C=C(C)c1ccc(-c2ncccc2P)cc1C. The Bertz CT molecular complexity index is 573. The molecule has 0 fully saturated rings. The fourth-order valence-corrected chi connectivity index (χ4v) is 2.30. The highest BCUT2D eigenvalue weighted by Crippen LogP contribution is 2.23. The summed E-state index contributed by atoms with van der Waals surface area (Å²) in [5, 5.41) is 1.12. The second kappa shape index (κ2) is 4.81. The molecule has 1 heterocycles. The fourth-order valence-electron chi connectivity index (χ4n) is 1.95. The largest absolute Gasteiger partial charge is 0.256 e. The number of aromatic nitrogens is 1. The van der Waals surface area contributed by atoms with Gasteiger partial charge in [0.1, 0.15) is 0 Å². The van der Waals surface area contributed by atoms with Gasteiger partial charge in [0.15, 0.2) is 0 Å². The third kappa shape index (κ3) is 2.45. The molecule has 0 radical (unpaired) electrons. The minimum atomic E-state index is 1.02. The molecule has 17 heavy (non-hydrogen) atoms. The van der Waals surface area contributed by atoms with Crippen molar-refractivity contribution in [1.82, 2.24) is 4.98 Å². The van der Waals surface area contributed by atoms with Gasteiger partial charge in [0.25, 0.3) is 0 Å². The summed E-state index contributed by atoms with van der Waals surface area (Å²) in [7, 11) is 2.73. The van der Waals surface area contributed by atoms with E-state index < -0.39 is 0 Å². The van der Waals surface area contributed by atoms with Crippen LogP contribution in [0.5, 0.6) is 0 Å². The van der Waals surface area contributed by atoms with Crippen molar-refractivity contribution in [2.75, 3.05) is 0 Å². The summed E-state index contributed by atoms with van der Waals surface area (Å²) < 4.78 is 0. The molecule has 0 aliphatic carbocycles. The average Bonchev–Trinajstić information content (AvgIpc) is 2.29. The van der Waals surface area contributed by atoms with E-state index in [9.17, 15) is 0 Å². The van der Waals surface area contributed by atoms with Gasteiger partial charge in [-0.2, -0.15) is 0 Å². The molecule has 0 amide bonds. The van der Waals surface area contributed by atoms with Crippen LogP contribution in [0, 0.1) is 6.92 Å². The van der Waals surface area contributed by atoms with E-state index in [1.165, 1.54) is 11.1 Å². The molecule has 2 aromatic rings.